The van der Waals surface area contributed by atoms with Crippen LogP contribution in [0.4, 0.5) is 13.6 Å². The van der Waals surface area contributed by atoms with Gasteiger partial charge in [-0.3, -0.25) is 4.79 Å². The molecule has 0 atom stereocenters. The Morgan fingerprint density at radius 1 is 1.00 bits per heavy atom. The van der Waals surface area contributed by atoms with Crippen molar-refractivity contribution in [1.29, 1.82) is 0 Å². The van der Waals surface area contributed by atoms with Crippen molar-refractivity contribution in [2.45, 2.75) is 19.8 Å². The fraction of sp³-hybridized carbons (Fsp3) is 0.263. The molecule has 150 valence electrons. The molecule has 2 aromatic rings. The molecular formula is C19H20F2N2O5. The maximum absolute atomic E-state index is 12.3. The van der Waals surface area contributed by atoms with Gasteiger partial charge in [-0.15, -0.1) is 0 Å². The Kier molecular flexibility index (Phi) is 8.01. The lowest BCUT2D eigenvalue weighted by atomic mass is 10.2. The van der Waals surface area contributed by atoms with Gasteiger partial charge in [0.1, 0.15) is 13.2 Å². The van der Waals surface area contributed by atoms with Gasteiger partial charge >= 0.3 is 18.6 Å². The first-order chi connectivity index (χ1) is 13.5. The Labute approximate surface area is 160 Å². The van der Waals surface area contributed by atoms with Crippen LogP contribution in [0.3, 0.4) is 0 Å². The fourth-order valence-corrected chi connectivity index (χ4v) is 2.20. The summed E-state index contributed by atoms with van der Waals surface area (Å²) in [4.78, 5) is 23.4. The lowest BCUT2D eigenvalue weighted by Gasteiger charge is -2.12. The number of halogens is 2. The Bertz CT molecular complexity index is 787. The van der Waals surface area contributed by atoms with Crippen molar-refractivity contribution in [2.24, 2.45) is 0 Å². The predicted molar refractivity (Wildman–Crippen MR) is 96.1 cm³/mol. The number of carbonyl (C=O) groups is 2. The highest BCUT2D eigenvalue weighted by atomic mass is 19.3. The number of urea groups is 1. The Balaban J connectivity index is 1.73. The third-order valence-corrected chi connectivity index (χ3v) is 3.53. The zero-order valence-corrected chi connectivity index (χ0v) is 15.1. The van der Waals surface area contributed by atoms with Crippen molar-refractivity contribution in [2.75, 3.05) is 13.7 Å². The van der Waals surface area contributed by atoms with Crippen molar-refractivity contribution in [1.82, 2.24) is 10.6 Å². The van der Waals surface area contributed by atoms with Gasteiger partial charge in [-0.2, -0.15) is 8.78 Å². The molecule has 0 heterocycles. The number of nitrogens with one attached hydrogen (secondary N) is 2. The third-order valence-electron chi connectivity index (χ3n) is 3.53. The molecular weight excluding hydrogens is 374 g/mol. The first-order valence-electron chi connectivity index (χ1n) is 8.31. The van der Waals surface area contributed by atoms with E-state index in [1.165, 1.54) is 25.3 Å². The van der Waals surface area contributed by atoms with Crippen LogP contribution in [0, 0.1) is 0 Å². The standard InChI is InChI=1S/C19H20F2N2O5/c1-26-16-9-14(7-8-15(16)28-18(20)21)12-27-17(24)11-23-19(25)22-10-13-5-3-2-4-6-13/h2-9,18H,10-12H2,1H3,(H2,22,23,25). The second-order valence-electron chi connectivity index (χ2n) is 5.55. The van der Waals surface area contributed by atoms with Gasteiger partial charge < -0.3 is 24.8 Å². The van der Waals surface area contributed by atoms with Crippen LogP contribution < -0.4 is 20.1 Å². The number of amides is 2. The summed E-state index contributed by atoms with van der Waals surface area (Å²) in [5.41, 5.74) is 1.44. The normalized spacial score (nSPS) is 10.3. The maximum atomic E-state index is 12.3. The first-order valence-corrected chi connectivity index (χ1v) is 8.31. The molecule has 0 saturated carbocycles. The lowest BCUT2D eigenvalue weighted by molar-refractivity contribution is -0.143. The Morgan fingerprint density at radius 3 is 2.43 bits per heavy atom. The molecule has 0 radical (unpaired) electrons. The SMILES string of the molecule is COc1cc(COC(=O)CNC(=O)NCc2ccccc2)ccc1OC(F)F. The number of hydrogen-bond donors (Lipinski definition) is 2. The zero-order chi connectivity index (χ0) is 20.4. The van der Waals surface area contributed by atoms with Gasteiger partial charge in [0.25, 0.3) is 0 Å². The Morgan fingerprint density at radius 2 is 1.75 bits per heavy atom. The third kappa shape index (κ3) is 7.10. The van der Waals surface area contributed by atoms with E-state index < -0.39 is 18.6 Å². The summed E-state index contributed by atoms with van der Waals surface area (Å²) >= 11 is 0. The number of esters is 1. The molecule has 7 nitrogen and oxygen atoms in total. The quantitative estimate of drug-likeness (QED) is 0.639. The largest absolute Gasteiger partial charge is 0.493 e. The number of benzene rings is 2. The van der Waals surface area contributed by atoms with Gasteiger partial charge in [0.15, 0.2) is 11.5 Å². The molecule has 0 bridgehead atoms. The van der Waals surface area contributed by atoms with E-state index in [2.05, 4.69) is 15.4 Å². The number of hydrogen-bond acceptors (Lipinski definition) is 5. The number of rotatable bonds is 9. The Hall–Kier alpha value is -3.36. The van der Waals surface area contributed by atoms with Gasteiger partial charge in [0.05, 0.1) is 7.11 Å². The molecule has 0 aliphatic rings. The van der Waals surface area contributed by atoms with Gasteiger partial charge in [-0.05, 0) is 23.3 Å². The monoisotopic (exact) mass is 394 g/mol. The summed E-state index contributed by atoms with van der Waals surface area (Å²) in [5.74, 6) is -0.682. The summed E-state index contributed by atoms with van der Waals surface area (Å²) < 4.78 is 38.9. The number of methoxy groups -OCH3 is 1. The van der Waals surface area contributed by atoms with Crippen LogP contribution in [0.1, 0.15) is 11.1 Å². The van der Waals surface area contributed by atoms with Crippen LogP contribution in [0.15, 0.2) is 48.5 Å². The van der Waals surface area contributed by atoms with Crippen LogP contribution in [0.5, 0.6) is 11.5 Å². The summed E-state index contributed by atoms with van der Waals surface area (Å²) in [6, 6.07) is 13.0. The van der Waals surface area contributed by atoms with Gasteiger partial charge in [0, 0.05) is 6.54 Å². The number of carbonyl (C=O) groups excluding carboxylic acids is 2. The van der Waals surface area contributed by atoms with Crippen molar-refractivity contribution in [3.8, 4) is 11.5 Å². The molecule has 2 aromatic carbocycles. The average molecular weight is 394 g/mol. The molecule has 0 aliphatic heterocycles. The first kappa shape index (κ1) is 20.9. The molecule has 0 aliphatic carbocycles. The topological polar surface area (TPSA) is 85.9 Å². The fourth-order valence-electron chi connectivity index (χ4n) is 2.20. The summed E-state index contributed by atoms with van der Waals surface area (Å²) in [5, 5.41) is 5.01. The minimum absolute atomic E-state index is 0.0901. The molecule has 2 N–H and O–H groups in total. The second kappa shape index (κ2) is 10.7. The van der Waals surface area contributed by atoms with Crippen LogP contribution in [0.2, 0.25) is 0 Å². The second-order valence-corrected chi connectivity index (χ2v) is 5.55. The molecule has 0 saturated heterocycles. The van der Waals surface area contributed by atoms with E-state index in [9.17, 15) is 18.4 Å². The number of alkyl halides is 2. The average Bonchev–Trinajstić information content (AvgIpc) is 2.70. The van der Waals surface area contributed by atoms with E-state index >= 15 is 0 Å². The van der Waals surface area contributed by atoms with E-state index in [4.69, 9.17) is 9.47 Å². The lowest BCUT2D eigenvalue weighted by Crippen LogP contribution is -2.38. The predicted octanol–water partition coefficient (Wildman–Crippen LogP) is 2.84. The summed E-state index contributed by atoms with van der Waals surface area (Å²) in [6.45, 7) is -3.08. The van der Waals surface area contributed by atoms with Crippen molar-refractivity contribution in [3.05, 3.63) is 59.7 Å². The van der Waals surface area contributed by atoms with E-state index in [1.54, 1.807) is 0 Å². The molecule has 28 heavy (non-hydrogen) atoms. The molecule has 9 heteroatoms. The highest BCUT2D eigenvalue weighted by Crippen LogP contribution is 2.29. The van der Waals surface area contributed by atoms with Crippen LogP contribution in [-0.2, 0) is 22.7 Å². The molecule has 2 amide bonds. The zero-order valence-electron chi connectivity index (χ0n) is 15.1. The van der Waals surface area contributed by atoms with Gasteiger partial charge in [-0.25, -0.2) is 4.79 Å². The smallest absolute Gasteiger partial charge is 0.387 e. The molecule has 0 spiro atoms. The van der Waals surface area contributed by atoms with Crippen LogP contribution >= 0.6 is 0 Å². The molecule has 0 aromatic heterocycles. The summed E-state index contributed by atoms with van der Waals surface area (Å²) in [6.07, 6.45) is 0. The van der Waals surface area contributed by atoms with Gasteiger partial charge in [-0.1, -0.05) is 36.4 Å². The molecule has 2 rings (SSSR count). The minimum atomic E-state index is -2.98. The van der Waals surface area contributed by atoms with Crippen LogP contribution in [0.25, 0.3) is 0 Å². The summed E-state index contributed by atoms with van der Waals surface area (Å²) in [7, 11) is 1.31. The van der Waals surface area contributed by atoms with E-state index in [-0.39, 0.29) is 24.7 Å². The minimum Gasteiger partial charge on any atom is -0.493 e. The highest BCUT2D eigenvalue weighted by molar-refractivity contribution is 5.80. The molecule has 0 unspecified atom stereocenters. The maximum Gasteiger partial charge on any atom is 0.387 e. The van der Waals surface area contributed by atoms with Crippen molar-refractivity contribution in [3.63, 3.8) is 0 Å². The molecule has 0 fully saturated rings. The van der Waals surface area contributed by atoms with E-state index in [1.807, 2.05) is 30.3 Å². The number of ether oxygens (including phenoxy) is 3. The van der Waals surface area contributed by atoms with Crippen molar-refractivity contribution >= 4 is 12.0 Å². The van der Waals surface area contributed by atoms with E-state index in [0.29, 0.717) is 12.1 Å². The van der Waals surface area contributed by atoms with Crippen molar-refractivity contribution < 1.29 is 32.6 Å². The van der Waals surface area contributed by atoms with Crippen LogP contribution in [-0.4, -0.2) is 32.3 Å². The highest BCUT2D eigenvalue weighted by Gasteiger charge is 2.12. The van der Waals surface area contributed by atoms with E-state index in [0.717, 1.165) is 5.56 Å². The van der Waals surface area contributed by atoms with Gasteiger partial charge in [0.2, 0.25) is 0 Å².